The van der Waals surface area contributed by atoms with E-state index in [-0.39, 0.29) is 65.1 Å². The van der Waals surface area contributed by atoms with Gasteiger partial charge < -0.3 is 47.4 Å². The number of hydrogen-bond acceptors (Lipinski definition) is 15. The highest BCUT2D eigenvalue weighted by molar-refractivity contribution is 5.74. The van der Waals surface area contributed by atoms with E-state index in [0.29, 0.717) is 28.7 Å². The van der Waals surface area contributed by atoms with Crippen molar-refractivity contribution in [2.75, 3.05) is 66.1 Å². The Bertz CT molecular complexity index is 2750. The minimum atomic E-state index is -0.558. The first-order valence-electron chi connectivity index (χ1n) is 31.8. The van der Waals surface area contributed by atoms with Crippen molar-refractivity contribution in [3.05, 3.63) is 144 Å². The van der Waals surface area contributed by atoms with Crippen LogP contribution in [0.3, 0.4) is 0 Å². The molecule has 0 spiro atoms. The highest BCUT2D eigenvalue weighted by Crippen LogP contribution is 2.46. The third kappa shape index (κ3) is 19.2. The van der Waals surface area contributed by atoms with Crippen molar-refractivity contribution in [3.63, 3.8) is 0 Å². The summed E-state index contributed by atoms with van der Waals surface area (Å²) in [6.07, 6.45) is 0.985. The van der Waals surface area contributed by atoms with Crippen LogP contribution < -0.4 is 23.7 Å². The lowest BCUT2D eigenvalue weighted by atomic mass is 9.79. The summed E-state index contributed by atoms with van der Waals surface area (Å²) in [6, 6.07) is 21.1. The molecule has 0 aromatic heterocycles. The van der Waals surface area contributed by atoms with Crippen LogP contribution in [0.4, 0.5) is 0 Å². The summed E-state index contributed by atoms with van der Waals surface area (Å²) < 4.78 is 61.7. The molecule has 1 aliphatic carbocycles. The zero-order valence-corrected chi connectivity index (χ0v) is 57.5. The fourth-order valence-electron chi connectivity index (χ4n) is 10.9. The summed E-state index contributed by atoms with van der Waals surface area (Å²) in [7, 11) is 0. The van der Waals surface area contributed by atoms with Crippen LogP contribution in [0.1, 0.15) is 222 Å². The topological polar surface area (TPSA) is 178 Å². The largest absolute Gasteiger partial charge is 0.481 e. The Labute approximate surface area is 535 Å². The van der Waals surface area contributed by atoms with E-state index in [0.717, 1.165) is 83.5 Å². The van der Waals surface area contributed by atoms with Gasteiger partial charge in [0, 0.05) is 32.1 Å². The van der Waals surface area contributed by atoms with Crippen LogP contribution in [-0.4, -0.2) is 95.9 Å². The van der Waals surface area contributed by atoms with Crippen LogP contribution >= 0.6 is 0 Å². The van der Waals surface area contributed by atoms with E-state index in [4.69, 9.17) is 47.4 Å². The molecular formula is C75H100O15. The van der Waals surface area contributed by atoms with Gasteiger partial charge in [0.05, 0.1) is 33.0 Å². The molecule has 90 heavy (non-hydrogen) atoms. The molecule has 0 saturated carbocycles. The Hall–Kier alpha value is -7.55. The molecule has 15 heteroatoms. The lowest BCUT2D eigenvalue weighted by Gasteiger charge is -2.29. The molecular weight excluding hydrogens is 1140 g/mol. The summed E-state index contributed by atoms with van der Waals surface area (Å²) in [5.74, 6) is -0.647. The molecule has 10 bridgehead atoms. The standard InChI is InChI=1S/C75H100O15/c1-21-81-61(76)41-86-66-46-26-48-33-57(72(9,10)11)35-50(67(48)87-42-62(77)82-22-2)28-52-37-59(74(15,16)17)39-54(69(52)89-44-64(79)84-24-4)30-55-40-60(75(18,19)20)38-53(70(55)90-45-65(80)85-25-5)29-51-36-58(73(12,13)14)34-49(68(51)88-43-63(78)83-23-3)27-47(66)32-56(31-46)71(6,7)8/h31-40H,21-30,41-45H2,1-20H3. The van der Waals surface area contributed by atoms with Gasteiger partial charge >= 0.3 is 29.8 Å². The normalized spacial score (nSPS) is 12.9. The SMILES string of the molecule is CCOC(=O)COc1c2cc(C(C)(C)C)cc1Cc1cc(C(C)(C)C)cc(c1OCC(=O)OCC)Cc1cc(C(C)(C)C)cc(c1OCC(=O)OCC)Cc1cc(C(C)(C)C)cc(c1OCC(=O)OCC)Cc1cc(C(C)(C)C)cc(c1OCC(=O)OCC)C2. The predicted octanol–water partition coefficient (Wildman–Crippen LogP) is 14.2. The van der Waals surface area contributed by atoms with Gasteiger partial charge in [-0.3, -0.25) is 0 Å². The third-order valence-corrected chi connectivity index (χ3v) is 15.6. The Morgan fingerprint density at radius 2 is 0.378 bits per heavy atom. The summed E-state index contributed by atoms with van der Waals surface area (Å²) in [5, 5.41) is 0. The molecule has 5 aromatic carbocycles. The van der Waals surface area contributed by atoms with Gasteiger partial charge in [-0.1, -0.05) is 165 Å². The molecule has 6 rings (SSSR count). The second kappa shape index (κ2) is 30.0. The highest BCUT2D eigenvalue weighted by atomic mass is 16.6. The molecule has 5 aromatic rings. The molecule has 0 fully saturated rings. The number of benzene rings is 5. The second-order valence-corrected chi connectivity index (χ2v) is 28.2. The number of carbonyl (C=O) groups excluding carboxylic acids is 5. The van der Waals surface area contributed by atoms with Crippen LogP contribution in [0.25, 0.3) is 0 Å². The average molecular weight is 1240 g/mol. The van der Waals surface area contributed by atoms with Gasteiger partial charge in [-0.05, 0) is 145 Å². The molecule has 1 aliphatic rings. The molecule has 15 nitrogen and oxygen atoms in total. The maximum absolute atomic E-state index is 13.6. The van der Waals surface area contributed by atoms with E-state index < -0.39 is 90.0 Å². The van der Waals surface area contributed by atoms with Gasteiger partial charge in [0.1, 0.15) is 28.7 Å². The Balaban J connectivity index is 1.95. The van der Waals surface area contributed by atoms with Crippen LogP contribution in [-0.2, 0) is 107 Å². The summed E-state index contributed by atoms with van der Waals surface area (Å²) in [4.78, 5) is 67.9. The van der Waals surface area contributed by atoms with Crippen molar-refractivity contribution in [1.29, 1.82) is 0 Å². The fraction of sp³-hybridized carbons (Fsp3) is 0.533. The van der Waals surface area contributed by atoms with Crippen molar-refractivity contribution in [1.82, 2.24) is 0 Å². The monoisotopic (exact) mass is 1240 g/mol. The summed E-state index contributed by atoms with van der Waals surface area (Å²) >= 11 is 0. The number of rotatable bonds is 20. The van der Waals surface area contributed by atoms with Gasteiger partial charge in [0.25, 0.3) is 0 Å². The predicted molar refractivity (Wildman–Crippen MR) is 350 cm³/mol. The number of hydrogen-bond donors (Lipinski definition) is 0. The second-order valence-electron chi connectivity index (χ2n) is 28.2. The molecule has 0 unspecified atom stereocenters. The third-order valence-electron chi connectivity index (χ3n) is 15.6. The van der Waals surface area contributed by atoms with Gasteiger partial charge in [0.2, 0.25) is 0 Å². The first-order chi connectivity index (χ1) is 42.1. The summed E-state index contributed by atoms with van der Waals surface area (Å²) in [6.45, 7) is 39.5. The lowest BCUT2D eigenvalue weighted by molar-refractivity contribution is -0.146. The van der Waals surface area contributed by atoms with Crippen molar-refractivity contribution in [2.24, 2.45) is 0 Å². The fourth-order valence-corrected chi connectivity index (χ4v) is 10.9. The van der Waals surface area contributed by atoms with Crippen molar-refractivity contribution in [2.45, 2.75) is 198 Å². The molecule has 0 atom stereocenters. The zero-order chi connectivity index (χ0) is 66.7. The number of esters is 5. The van der Waals surface area contributed by atoms with E-state index in [1.165, 1.54) is 0 Å². The van der Waals surface area contributed by atoms with Crippen molar-refractivity contribution in [3.8, 4) is 28.7 Å². The Kier molecular flexibility index (Phi) is 23.9. The van der Waals surface area contributed by atoms with Crippen molar-refractivity contribution < 1.29 is 71.3 Å². The van der Waals surface area contributed by atoms with Crippen LogP contribution in [0.2, 0.25) is 0 Å². The van der Waals surface area contributed by atoms with Crippen molar-refractivity contribution >= 4 is 29.8 Å². The number of carbonyl (C=O) groups is 5. The first-order valence-corrected chi connectivity index (χ1v) is 31.8. The average Bonchev–Trinajstić information content (AvgIpc) is 0.781. The smallest absolute Gasteiger partial charge is 0.344 e. The van der Waals surface area contributed by atoms with Gasteiger partial charge in [0.15, 0.2) is 33.0 Å². The van der Waals surface area contributed by atoms with E-state index in [2.05, 4.69) is 165 Å². The quantitative estimate of drug-likeness (QED) is 0.0520. The Morgan fingerprint density at radius 1 is 0.256 bits per heavy atom. The maximum atomic E-state index is 13.6. The molecule has 0 N–H and O–H groups in total. The van der Waals surface area contributed by atoms with Gasteiger partial charge in [-0.15, -0.1) is 0 Å². The van der Waals surface area contributed by atoms with E-state index >= 15 is 0 Å². The van der Waals surface area contributed by atoms with Crippen LogP contribution in [0.5, 0.6) is 28.7 Å². The molecule has 0 saturated heterocycles. The summed E-state index contributed by atoms with van der Waals surface area (Å²) in [5.41, 5.74) is 9.85. The first kappa shape index (κ1) is 71.5. The minimum absolute atomic E-state index is 0.142. The van der Waals surface area contributed by atoms with E-state index in [9.17, 15) is 24.0 Å². The molecule has 0 radical (unpaired) electrons. The molecule has 0 amide bonds. The number of ether oxygens (including phenoxy) is 10. The lowest BCUT2D eigenvalue weighted by Crippen LogP contribution is -2.21. The molecule has 0 aliphatic heterocycles. The van der Waals surface area contributed by atoms with E-state index in [1.54, 1.807) is 34.6 Å². The molecule has 490 valence electrons. The highest BCUT2D eigenvalue weighted by Gasteiger charge is 2.32. The van der Waals surface area contributed by atoms with E-state index in [1.807, 2.05) is 0 Å². The van der Waals surface area contributed by atoms with Gasteiger partial charge in [-0.2, -0.15) is 0 Å². The number of fused-ring (bicyclic) bond motifs is 10. The Morgan fingerprint density at radius 3 is 0.478 bits per heavy atom. The maximum Gasteiger partial charge on any atom is 0.344 e. The van der Waals surface area contributed by atoms with Crippen LogP contribution in [0.15, 0.2) is 60.7 Å². The zero-order valence-electron chi connectivity index (χ0n) is 57.5. The van der Waals surface area contributed by atoms with Gasteiger partial charge in [-0.25, -0.2) is 24.0 Å². The van der Waals surface area contributed by atoms with Crippen LogP contribution in [0, 0.1) is 0 Å². The molecule has 0 heterocycles. The minimum Gasteiger partial charge on any atom is -0.481 e.